The Morgan fingerprint density at radius 1 is 0.833 bits per heavy atom. The normalized spacial score (nSPS) is 11.8. The lowest BCUT2D eigenvalue weighted by Crippen LogP contribution is -2.04. The highest BCUT2D eigenvalue weighted by molar-refractivity contribution is 7.80. The summed E-state index contributed by atoms with van der Waals surface area (Å²) in [6, 6.07) is 0. The van der Waals surface area contributed by atoms with Crippen molar-refractivity contribution in [3.05, 3.63) is 0 Å². The topological polar surface area (TPSA) is 138 Å². The summed E-state index contributed by atoms with van der Waals surface area (Å²) in [5.41, 5.74) is 0. The van der Waals surface area contributed by atoms with Crippen LogP contribution < -0.4 is 0 Å². The minimum atomic E-state index is -4.67. The first-order chi connectivity index (χ1) is 8.06. The van der Waals surface area contributed by atoms with Crippen LogP contribution in [0.15, 0.2) is 0 Å². The van der Waals surface area contributed by atoms with Crippen LogP contribution in [0.3, 0.4) is 0 Å². The van der Waals surface area contributed by atoms with Gasteiger partial charge in [-0.2, -0.15) is 16.8 Å². The second kappa shape index (κ2) is 10.6. The summed E-state index contributed by atoms with van der Waals surface area (Å²) in [7, 11) is -8.89. The summed E-state index contributed by atoms with van der Waals surface area (Å²) < 4.78 is 64.2. The Labute approximate surface area is 108 Å². The lowest BCUT2D eigenvalue weighted by Gasteiger charge is -2.00. The highest BCUT2D eigenvalue weighted by Gasteiger charge is 2.02. The van der Waals surface area contributed by atoms with Crippen molar-refractivity contribution >= 4 is 20.8 Å². The molecule has 0 atom stereocenters. The molecular weight excluding hydrogens is 288 g/mol. The molecule has 0 aromatic heterocycles. The van der Waals surface area contributed by atoms with E-state index in [1.54, 1.807) is 0 Å². The molecule has 0 saturated carbocycles. The van der Waals surface area contributed by atoms with Gasteiger partial charge in [-0.25, -0.2) is 4.18 Å². The molecule has 0 unspecified atom stereocenters. The van der Waals surface area contributed by atoms with Crippen LogP contribution in [0, 0.1) is 0 Å². The molecular formula is C8H20O8S2. The lowest BCUT2D eigenvalue weighted by atomic mass is 10.1. The molecule has 10 heteroatoms. The summed E-state index contributed by atoms with van der Waals surface area (Å²) in [5.74, 6) is 0. The van der Waals surface area contributed by atoms with E-state index in [1.807, 2.05) is 0 Å². The SMILES string of the molecule is CCCCCCCCOS(=O)(=O)O.O=S(=O)(O)O. The molecule has 0 fully saturated rings. The third-order valence-corrected chi connectivity index (χ3v) is 2.19. The van der Waals surface area contributed by atoms with Gasteiger partial charge in [0, 0.05) is 0 Å². The first kappa shape index (κ1) is 20.1. The van der Waals surface area contributed by atoms with Gasteiger partial charge in [-0.05, 0) is 6.42 Å². The van der Waals surface area contributed by atoms with E-state index >= 15 is 0 Å². The fourth-order valence-corrected chi connectivity index (χ4v) is 1.38. The van der Waals surface area contributed by atoms with Gasteiger partial charge in [0.1, 0.15) is 0 Å². The number of hydrogen-bond acceptors (Lipinski definition) is 5. The van der Waals surface area contributed by atoms with Gasteiger partial charge in [0.05, 0.1) is 6.61 Å². The van der Waals surface area contributed by atoms with E-state index in [9.17, 15) is 8.42 Å². The van der Waals surface area contributed by atoms with Crippen LogP contribution in [0.25, 0.3) is 0 Å². The molecule has 0 bridgehead atoms. The molecule has 3 N–H and O–H groups in total. The predicted octanol–water partition coefficient (Wildman–Crippen LogP) is 1.51. The molecule has 0 aliphatic carbocycles. The van der Waals surface area contributed by atoms with Crippen LogP contribution in [0.1, 0.15) is 45.4 Å². The first-order valence-corrected chi connectivity index (χ1v) is 8.14. The van der Waals surface area contributed by atoms with E-state index < -0.39 is 20.8 Å². The van der Waals surface area contributed by atoms with Gasteiger partial charge in [-0.1, -0.05) is 39.0 Å². The minimum Gasteiger partial charge on any atom is -0.264 e. The third-order valence-electron chi connectivity index (χ3n) is 1.73. The zero-order chi connectivity index (χ0) is 14.7. The van der Waals surface area contributed by atoms with Crippen molar-refractivity contribution in [2.45, 2.75) is 45.4 Å². The van der Waals surface area contributed by atoms with Crippen molar-refractivity contribution in [3.63, 3.8) is 0 Å². The van der Waals surface area contributed by atoms with Gasteiger partial charge in [-0.15, -0.1) is 0 Å². The van der Waals surface area contributed by atoms with Crippen LogP contribution in [-0.2, 0) is 25.0 Å². The smallest absolute Gasteiger partial charge is 0.264 e. The maximum Gasteiger partial charge on any atom is 0.397 e. The van der Waals surface area contributed by atoms with E-state index in [0.717, 1.165) is 12.8 Å². The van der Waals surface area contributed by atoms with E-state index in [-0.39, 0.29) is 6.61 Å². The molecule has 18 heavy (non-hydrogen) atoms. The van der Waals surface area contributed by atoms with Crippen LogP contribution in [0.2, 0.25) is 0 Å². The molecule has 112 valence electrons. The monoisotopic (exact) mass is 308 g/mol. The van der Waals surface area contributed by atoms with Crippen molar-refractivity contribution in [2.75, 3.05) is 6.61 Å². The first-order valence-electron chi connectivity index (χ1n) is 5.38. The molecule has 0 rings (SSSR count). The molecule has 0 spiro atoms. The molecule has 0 amide bonds. The summed E-state index contributed by atoms with van der Waals surface area (Å²) in [6.45, 7) is 2.23. The molecule has 0 aromatic rings. The third kappa shape index (κ3) is 36.0. The van der Waals surface area contributed by atoms with Crippen LogP contribution in [0.5, 0.6) is 0 Å². The molecule has 0 radical (unpaired) electrons. The number of hydrogen-bond donors (Lipinski definition) is 3. The summed E-state index contributed by atoms with van der Waals surface area (Å²) in [5, 5.41) is 0. The summed E-state index contributed by atoms with van der Waals surface area (Å²) in [6.07, 6.45) is 6.34. The standard InChI is InChI=1S/C8H18O4S.H2O4S/c1-2-3-4-5-6-7-8-12-13(9,10)11;1-5(2,3)4/h2-8H2,1H3,(H,9,10,11);(H2,1,2,3,4). The average Bonchev–Trinajstić information content (AvgIpc) is 2.12. The maximum atomic E-state index is 10.1. The van der Waals surface area contributed by atoms with E-state index in [2.05, 4.69) is 11.1 Å². The van der Waals surface area contributed by atoms with Gasteiger partial charge in [0.2, 0.25) is 0 Å². The van der Waals surface area contributed by atoms with Gasteiger partial charge in [0.15, 0.2) is 0 Å². The Kier molecular flexibility index (Phi) is 11.9. The molecule has 0 aromatic carbocycles. The molecule has 0 saturated heterocycles. The Bertz CT molecular complexity index is 364. The van der Waals surface area contributed by atoms with Crippen LogP contribution >= 0.6 is 0 Å². The van der Waals surface area contributed by atoms with Crippen molar-refractivity contribution < 1.29 is 34.7 Å². The summed E-state index contributed by atoms with van der Waals surface area (Å²) in [4.78, 5) is 0. The second-order valence-corrected chi connectivity index (χ2v) is 5.45. The number of unbranched alkanes of at least 4 members (excludes halogenated alkanes) is 5. The Balaban J connectivity index is 0. The lowest BCUT2D eigenvalue weighted by molar-refractivity contribution is 0.261. The largest absolute Gasteiger partial charge is 0.397 e. The maximum absolute atomic E-state index is 10.1. The van der Waals surface area contributed by atoms with E-state index in [0.29, 0.717) is 6.42 Å². The highest BCUT2D eigenvalue weighted by atomic mass is 32.3. The molecule has 0 heterocycles. The fourth-order valence-electron chi connectivity index (χ4n) is 1.05. The second-order valence-electron chi connectivity index (χ2n) is 3.47. The molecule has 0 aliphatic heterocycles. The van der Waals surface area contributed by atoms with Gasteiger partial charge in [-0.3, -0.25) is 13.7 Å². The van der Waals surface area contributed by atoms with Gasteiger partial charge >= 0.3 is 20.8 Å². The highest BCUT2D eigenvalue weighted by Crippen LogP contribution is 2.05. The van der Waals surface area contributed by atoms with Crippen molar-refractivity contribution in [1.82, 2.24) is 0 Å². The zero-order valence-corrected chi connectivity index (χ0v) is 11.8. The fraction of sp³-hybridized carbons (Fsp3) is 1.00. The van der Waals surface area contributed by atoms with Crippen molar-refractivity contribution in [1.29, 1.82) is 0 Å². The van der Waals surface area contributed by atoms with E-state index in [1.165, 1.54) is 19.3 Å². The Morgan fingerprint density at radius 3 is 1.61 bits per heavy atom. The Hall–Kier alpha value is -0.260. The van der Waals surface area contributed by atoms with Crippen molar-refractivity contribution in [2.24, 2.45) is 0 Å². The van der Waals surface area contributed by atoms with Gasteiger partial charge < -0.3 is 0 Å². The van der Waals surface area contributed by atoms with Gasteiger partial charge in [0.25, 0.3) is 0 Å². The number of rotatable bonds is 8. The predicted molar refractivity (Wildman–Crippen MR) is 65.1 cm³/mol. The zero-order valence-electron chi connectivity index (χ0n) is 10.1. The molecule has 8 nitrogen and oxygen atoms in total. The van der Waals surface area contributed by atoms with E-state index in [4.69, 9.17) is 22.1 Å². The minimum absolute atomic E-state index is 0.0883. The van der Waals surface area contributed by atoms with Crippen LogP contribution in [-0.4, -0.2) is 37.1 Å². The Morgan fingerprint density at radius 2 is 1.22 bits per heavy atom. The van der Waals surface area contributed by atoms with Crippen molar-refractivity contribution in [3.8, 4) is 0 Å². The average molecular weight is 308 g/mol. The molecule has 0 aliphatic rings. The summed E-state index contributed by atoms with van der Waals surface area (Å²) >= 11 is 0. The quantitative estimate of drug-likeness (QED) is 0.453. The van der Waals surface area contributed by atoms with Crippen LogP contribution in [0.4, 0.5) is 0 Å².